The molecule has 2 aliphatic rings. The van der Waals surface area contributed by atoms with E-state index in [0.717, 1.165) is 51.5 Å². The predicted octanol–water partition coefficient (Wildman–Crippen LogP) is 5.05. The molecule has 166 valence electrons. The van der Waals surface area contributed by atoms with E-state index >= 15 is 0 Å². The summed E-state index contributed by atoms with van der Waals surface area (Å²) in [4.78, 5) is 4.30. The molecule has 1 N–H and O–H groups in total. The van der Waals surface area contributed by atoms with Crippen LogP contribution >= 0.6 is 23.8 Å². The summed E-state index contributed by atoms with van der Waals surface area (Å²) in [5.41, 5.74) is -0.886. The van der Waals surface area contributed by atoms with Crippen molar-refractivity contribution in [3.63, 3.8) is 0 Å². The maximum Gasteiger partial charge on any atom is 0.418 e. The van der Waals surface area contributed by atoms with Gasteiger partial charge >= 0.3 is 6.18 Å². The highest BCUT2D eigenvalue weighted by Crippen LogP contribution is 2.36. The number of allylic oxidation sites excluding steroid dienone is 2. The molecule has 1 aliphatic carbocycles. The third-order valence-corrected chi connectivity index (χ3v) is 6.06. The summed E-state index contributed by atoms with van der Waals surface area (Å²) in [6.45, 7) is 5.29. The quantitative estimate of drug-likeness (QED) is 0.473. The van der Waals surface area contributed by atoms with Crippen molar-refractivity contribution in [3.05, 3.63) is 40.9 Å². The molecular weight excluding hydrogens is 435 g/mol. The van der Waals surface area contributed by atoms with Crippen molar-refractivity contribution in [1.29, 1.82) is 0 Å². The number of morpholine rings is 1. The van der Waals surface area contributed by atoms with Gasteiger partial charge in [0.1, 0.15) is 0 Å². The lowest BCUT2D eigenvalue weighted by Gasteiger charge is -2.34. The molecule has 0 aromatic heterocycles. The van der Waals surface area contributed by atoms with Crippen molar-refractivity contribution >= 4 is 34.6 Å². The smallest absolute Gasteiger partial charge is 0.379 e. The molecule has 1 fully saturated rings. The fourth-order valence-corrected chi connectivity index (χ4v) is 4.20. The second kappa shape index (κ2) is 10.8. The number of nitrogens with one attached hydrogen (secondary N) is 1. The first-order valence-corrected chi connectivity index (χ1v) is 11.0. The van der Waals surface area contributed by atoms with Crippen LogP contribution in [-0.2, 0) is 10.9 Å². The van der Waals surface area contributed by atoms with E-state index < -0.39 is 11.7 Å². The number of alkyl halides is 3. The molecule has 3 rings (SSSR count). The number of halogens is 4. The Labute approximate surface area is 186 Å². The second-order valence-electron chi connectivity index (χ2n) is 7.67. The standard InChI is InChI=1S/C21H27ClF3N3OS/c22-17-6-7-19(18(14-17)21(23,24)25)26-20(30)28(15-16-4-2-1-3-5-16)9-8-27-10-12-29-13-11-27/h1-2,6-7,14,16H,3-5,8-13,15H2,(H,26,30). The van der Waals surface area contributed by atoms with Gasteiger partial charge in [0, 0.05) is 37.7 Å². The van der Waals surface area contributed by atoms with Crippen LogP contribution in [0.4, 0.5) is 18.9 Å². The van der Waals surface area contributed by atoms with Crippen LogP contribution in [0.15, 0.2) is 30.4 Å². The number of ether oxygens (including phenoxy) is 1. The van der Waals surface area contributed by atoms with Crippen LogP contribution in [0.25, 0.3) is 0 Å². The minimum absolute atomic E-state index is 0.0389. The summed E-state index contributed by atoms with van der Waals surface area (Å²) >= 11 is 11.4. The number of hydrogen-bond acceptors (Lipinski definition) is 3. The monoisotopic (exact) mass is 461 g/mol. The van der Waals surface area contributed by atoms with Gasteiger partial charge in [-0.1, -0.05) is 23.8 Å². The van der Waals surface area contributed by atoms with Crippen molar-refractivity contribution in [2.24, 2.45) is 5.92 Å². The summed E-state index contributed by atoms with van der Waals surface area (Å²) in [5, 5.41) is 3.19. The fraction of sp³-hybridized carbons (Fsp3) is 0.571. The number of benzene rings is 1. The largest absolute Gasteiger partial charge is 0.418 e. The highest BCUT2D eigenvalue weighted by atomic mass is 35.5. The molecule has 0 bridgehead atoms. The van der Waals surface area contributed by atoms with Gasteiger partial charge in [0.25, 0.3) is 0 Å². The Morgan fingerprint density at radius 3 is 2.70 bits per heavy atom. The van der Waals surface area contributed by atoms with Crippen molar-refractivity contribution in [1.82, 2.24) is 9.80 Å². The van der Waals surface area contributed by atoms with Gasteiger partial charge in [0.05, 0.1) is 24.5 Å². The molecule has 4 nitrogen and oxygen atoms in total. The van der Waals surface area contributed by atoms with Gasteiger partial charge in [0.2, 0.25) is 0 Å². The van der Waals surface area contributed by atoms with Crippen LogP contribution < -0.4 is 5.32 Å². The van der Waals surface area contributed by atoms with Crippen molar-refractivity contribution in [3.8, 4) is 0 Å². The Balaban J connectivity index is 1.71. The summed E-state index contributed by atoms with van der Waals surface area (Å²) in [6, 6.07) is 3.70. The molecule has 1 aromatic rings. The van der Waals surface area contributed by atoms with Crippen LogP contribution in [-0.4, -0.2) is 60.8 Å². The van der Waals surface area contributed by atoms with Gasteiger partial charge in [-0.2, -0.15) is 13.2 Å². The van der Waals surface area contributed by atoms with Gasteiger partial charge in [0.15, 0.2) is 5.11 Å². The van der Waals surface area contributed by atoms with E-state index in [1.54, 1.807) is 0 Å². The lowest BCUT2D eigenvalue weighted by Crippen LogP contribution is -2.45. The molecule has 1 unspecified atom stereocenters. The maximum absolute atomic E-state index is 13.5. The number of thiocarbonyl (C=S) groups is 1. The zero-order valence-electron chi connectivity index (χ0n) is 16.8. The normalized spacial score (nSPS) is 20.2. The zero-order chi connectivity index (χ0) is 21.6. The summed E-state index contributed by atoms with van der Waals surface area (Å²) in [5.74, 6) is 0.437. The summed E-state index contributed by atoms with van der Waals surface area (Å²) in [6.07, 6.45) is 2.88. The van der Waals surface area contributed by atoms with Gasteiger partial charge in [-0.05, 0) is 55.6 Å². The number of nitrogens with zero attached hydrogens (tertiary/aromatic N) is 2. The van der Waals surface area contributed by atoms with E-state index in [2.05, 4.69) is 22.4 Å². The Morgan fingerprint density at radius 2 is 2.03 bits per heavy atom. The maximum atomic E-state index is 13.5. The SMILES string of the molecule is FC(F)(F)c1cc(Cl)ccc1NC(=S)N(CCN1CCOCC1)CC1CC=CCC1. The first-order chi connectivity index (χ1) is 14.3. The van der Waals surface area contributed by atoms with Crippen LogP contribution in [0, 0.1) is 5.92 Å². The van der Waals surface area contributed by atoms with Crippen LogP contribution in [0.1, 0.15) is 24.8 Å². The predicted molar refractivity (Wildman–Crippen MR) is 118 cm³/mol. The molecule has 0 saturated carbocycles. The highest BCUT2D eigenvalue weighted by Gasteiger charge is 2.34. The Kier molecular flexibility index (Phi) is 8.39. The van der Waals surface area contributed by atoms with Crippen molar-refractivity contribution in [2.75, 3.05) is 51.3 Å². The Bertz CT molecular complexity index is 754. The number of anilines is 1. The Hall–Kier alpha value is -1.35. The van der Waals surface area contributed by atoms with Crippen molar-refractivity contribution < 1.29 is 17.9 Å². The van der Waals surface area contributed by atoms with Crippen LogP contribution in [0.5, 0.6) is 0 Å². The van der Waals surface area contributed by atoms with E-state index in [0.29, 0.717) is 30.8 Å². The molecule has 30 heavy (non-hydrogen) atoms. The first-order valence-electron chi connectivity index (χ1n) is 10.2. The van der Waals surface area contributed by atoms with E-state index in [1.807, 2.05) is 4.90 Å². The molecule has 0 amide bonds. The lowest BCUT2D eigenvalue weighted by atomic mass is 9.94. The summed E-state index contributed by atoms with van der Waals surface area (Å²) in [7, 11) is 0. The molecule has 1 aromatic carbocycles. The molecule has 1 aliphatic heterocycles. The average Bonchev–Trinajstić information content (AvgIpc) is 2.73. The minimum atomic E-state index is -4.52. The van der Waals surface area contributed by atoms with Crippen molar-refractivity contribution in [2.45, 2.75) is 25.4 Å². The number of rotatable bonds is 6. The first kappa shape index (κ1) is 23.3. The van der Waals surface area contributed by atoms with Gasteiger partial charge in [-0.15, -0.1) is 0 Å². The molecular formula is C21H27ClF3N3OS. The van der Waals surface area contributed by atoms with E-state index in [4.69, 9.17) is 28.6 Å². The fourth-order valence-electron chi connectivity index (χ4n) is 3.75. The Morgan fingerprint density at radius 1 is 1.27 bits per heavy atom. The van der Waals surface area contributed by atoms with Gasteiger partial charge < -0.3 is 15.0 Å². The van der Waals surface area contributed by atoms with Gasteiger partial charge in [-0.25, -0.2) is 0 Å². The molecule has 0 radical (unpaired) electrons. The molecule has 9 heteroatoms. The zero-order valence-corrected chi connectivity index (χ0v) is 18.3. The summed E-state index contributed by atoms with van der Waals surface area (Å²) < 4.78 is 45.8. The second-order valence-corrected chi connectivity index (χ2v) is 8.49. The van der Waals surface area contributed by atoms with E-state index in [-0.39, 0.29) is 10.7 Å². The third-order valence-electron chi connectivity index (χ3n) is 5.46. The van der Waals surface area contributed by atoms with Gasteiger partial charge in [-0.3, -0.25) is 4.90 Å². The lowest BCUT2D eigenvalue weighted by molar-refractivity contribution is -0.136. The topological polar surface area (TPSA) is 27.7 Å². The molecule has 1 saturated heterocycles. The van der Waals surface area contributed by atoms with Crippen LogP contribution in [0.3, 0.4) is 0 Å². The molecule has 1 heterocycles. The van der Waals surface area contributed by atoms with Crippen LogP contribution in [0.2, 0.25) is 5.02 Å². The average molecular weight is 462 g/mol. The molecule has 0 spiro atoms. The highest BCUT2D eigenvalue weighted by molar-refractivity contribution is 7.80. The minimum Gasteiger partial charge on any atom is -0.379 e. The van der Waals surface area contributed by atoms with E-state index in [9.17, 15) is 13.2 Å². The number of hydrogen-bond donors (Lipinski definition) is 1. The third kappa shape index (κ3) is 6.83. The molecule has 1 atom stereocenters. The van der Waals surface area contributed by atoms with E-state index in [1.165, 1.54) is 12.1 Å².